The van der Waals surface area contributed by atoms with Gasteiger partial charge >= 0.3 is 0 Å². The molecule has 1 aromatic heterocycles. The largest absolute Gasteiger partial charge is 0.373 e. The van der Waals surface area contributed by atoms with E-state index in [1.54, 1.807) is 0 Å². The van der Waals surface area contributed by atoms with Gasteiger partial charge in [-0.15, -0.1) is 35.3 Å². The van der Waals surface area contributed by atoms with Crippen molar-refractivity contribution in [3.8, 4) is 0 Å². The van der Waals surface area contributed by atoms with Gasteiger partial charge in [0.15, 0.2) is 5.96 Å². The van der Waals surface area contributed by atoms with Crippen LogP contribution in [-0.4, -0.2) is 31.7 Å². The highest BCUT2D eigenvalue weighted by molar-refractivity contribution is 14.0. The number of hydrogen-bond acceptors (Lipinski definition) is 3. The molecule has 28 heavy (non-hydrogen) atoms. The number of guanidine groups is 1. The van der Waals surface area contributed by atoms with Crippen LogP contribution in [0.5, 0.6) is 0 Å². The molecule has 0 bridgehead atoms. The third-order valence-electron chi connectivity index (χ3n) is 4.86. The van der Waals surface area contributed by atoms with Gasteiger partial charge in [-0.1, -0.05) is 30.3 Å². The maximum atomic E-state index is 6.00. The molecular formula is C22H32IN3OS. The molecule has 1 fully saturated rings. The second kappa shape index (κ2) is 11.8. The van der Waals surface area contributed by atoms with Crippen LogP contribution in [0.3, 0.4) is 0 Å². The quantitative estimate of drug-likeness (QED) is 0.313. The van der Waals surface area contributed by atoms with E-state index in [2.05, 4.69) is 73.9 Å². The van der Waals surface area contributed by atoms with Gasteiger partial charge in [-0.3, -0.25) is 4.99 Å². The number of hydrogen-bond donors (Lipinski definition) is 2. The lowest BCUT2D eigenvalue weighted by atomic mass is 9.95. The molecule has 154 valence electrons. The number of halogens is 1. The SMILES string of the molecule is CCNC(=NCC1CCOC1c1ccccc1)NC(C)Cc1ccc(C)s1.I. The van der Waals surface area contributed by atoms with Crippen LogP contribution in [0.4, 0.5) is 0 Å². The summed E-state index contributed by atoms with van der Waals surface area (Å²) in [6.07, 6.45) is 2.23. The highest BCUT2D eigenvalue weighted by Crippen LogP contribution is 2.34. The van der Waals surface area contributed by atoms with Crippen LogP contribution in [-0.2, 0) is 11.2 Å². The van der Waals surface area contributed by atoms with Crippen molar-refractivity contribution in [1.82, 2.24) is 10.6 Å². The van der Waals surface area contributed by atoms with Crippen molar-refractivity contribution in [3.63, 3.8) is 0 Å². The van der Waals surface area contributed by atoms with Gasteiger partial charge in [0.2, 0.25) is 0 Å². The molecule has 1 aromatic carbocycles. The Morgan fingerprint density at radius 2 is 2.04 bits per heavy atom. The van der Waals surface area contributed by atoms with Gasteiger partial charge in [0.25, 0.3) is 0 Å². The highest BCUT2D eigenvalue weighted by atomic mass is 127. The van der Waals surface area contributed by atoms with E-state index in [0.717, 1.165) is 38.5 Å². The van der Waals surface area contributed by atoms with Gasteiger partial charge in [0, 0.05) is 47.8 Å². The highest BCUT2D eigenvalue weighted by Gasteiger charge is 2.29. The summed E-state index contributed by atoms with van der Waals surface area (Å²) >= 11 is 1.87. The molecule has 2 heterocycles. The van der Waals surface area contributed by atoms with Gasteiger partial charge in [-0.05, 0) is 44.9 Å². The van der Waals surface area contributed by atoms with Gasteiger partial charge in [-0.2, -0.15) is 0 Å². The predicted molar refractivity (Wildman–Crippen MR) is 130 cm³/mol. The average Bonchev–Trinajstić information content (AvgIpc) is 3.29. The van der Waals surface area contributed by atoms with Crippen molar-refractivity contribution >= 4 is 41.3 Å². The van der Waals surface area contributed by atoms with E-state index in [-0.39, 0.29) is 30.1 Å². The molecule has 3 unspecified atom stereocenters. The van der Waals surface area contributed by atoms with E-state index in [9.17, 15) is 0 Å². The fraction of sp³-hybridized carbons (Fsp3) is 0.500. The molecular weight excluding hydrogens is 481 g/mol. The standard InChI is InChI=1S/C22H31N3OS.HI/c1-4-23-22(25-16(2)14-20-11-10-17(3)27-20)24-15-19-12-13-26-21(19)18-8-6-5-7-9-18;/h5-11,16,19,21H,4,12-15H2,1-3H3,(H2,23,24,25);1H. The fourth-order valence-electron chi connectivity index (χ4n) is 3.54. The Kier molecular flexibility index (Phi) is 9.74. The lowest BCUT2D eigenvalue weighted by Gasteiger charge is -2.20. The van der Waals surface area contributed by atoms with Crippen molar-refractivity contribution < 1.29 is 4.74 Å². The number of nitrogens with zero attached hydrogens (tertiary/aromatic N) is 1. The molecule has 2 aromatic rings. The molecule has 0 saturated carbocycles. The number of thiophene rings is 1. The van der Waals surface area contributed by atoms with Crippen LogP contribution in [0, 0.1) is 12.8 Å². The summed E-state index contributed by atoms with van der Waals surface area (Å²) in [6, 6.07) is 15.3. The third kappa shape index (κ3) is 6.74. The first-order valence-electron chi connectivity index (χ1n) is 9.92. The van der Waals surface area contributed by atoms with Gasteiger partial charge < -0.3 is 15.4 Å². The average molecular weight is 513 g/mol. The van der Waals surface area contributed by atoms with E-state index in [1.807, 2.05) is 11.3 Å². The fourth-order valence-corrected chi connectivity index (χ4v) is 4.56. The minimum atomic E-state index is 0. The zero-order valence-electron chi connectivity index (χ0n) is 17.0. The molecule has 4 nitrogen and oxygen atoms in total. The molecule has 0 spiro atoms. The molecule has 3 rings (SSSR count). The zero-order chi connectivity index (χ0) is 19.1. The monoisotopic (exact) mass is 513 g/mol. The number of aryl methyl sites for hydroxylation is 1. The van der Waals surface area contributed by atoms with Gasteiger partial charge in [0.05, 0.1) is 6.10 Å². The summed E-state index contributed by atoms with van der Waals surface area (Å²) in [5.41, 5.74) is 1.26. The lowest BCUT2D eigenvalue weighted by Crippen LogP contribution is -2.43. The van der Waals surface area contributed by atoms with E-state index < -0.39 is 0 Å². The summed E-state index contributed by atoms with van der Waals surface area (Å²) in [5.74, 6) is 1.33. The molecule has 3 atom stereocenters. The number of benzene rings is 1. The second-order valence-electron chi connectivity index (χ2n) is 7.23. The lowest BCUT2D eigenvalue weighted by molar-refractivity contribution is 0.0925. The van der Waals surface area contributed by atoms with Crippen LogP contribution >= 0.6 is 35.3 Å². The Morgan fingerprint density at radius 1 is 1.25 bits per heavy atom. The van der Waals surface area contributed by atoms with Crippen molar-refractivity contribution in [2.24, 2.45) is 10.9 Å². The number of aliphatic imine (C=N–C) groups is 1. The summed E-state index contributed by atoms with van der Waals surface area (Å²) in [7, 11) is 0. The van der Waals surface area contributed by atoms with Crippen LogP contribution in [0.1, 0.15) is 41.7 Å². The second-order valence-corrected chi connectivity index (χ2v) is 8.60. The minimum absolute atomic E-state index is 0. The van der Waals surface area contributed by atoms with Crippen molar-refractivity contribution in [2.75, 3.05) is 19.7 Å². The van der Waals surface area contributed by atoms with Crippen molar-refractivity contribution in [3.05, 3.63) is 57.8 Å². The topological polar surface area (TPSA) is 45.7 Å². The Hall–Kier alpha value is -1.12. The Balaban J connectivity index is 0.00000280. The number of ether oxygens (including phenoxy) is 1. The molecule has 1 saturated heterocycles. The molecule has 0 amide bonds. The smallest absolute Gasteiger partial charge is 0.191 e. The van der Waals surface area contributed by atoms with Crippen LogP contribution in [0.15, 0.2) is 47.5 Å². The molecule has 0 aliphatic carbocycles. The van der Waals surface area contributed by atoms with E-state index >= 15 is 0 Å². The van der Waals surface area contributed by atoms with Gasteiger partial charge in [0.1, 0.15) is 0 Å². The first kappa shape index (κ1) is 23.2. The van der Waals surface area contributed by atoms with Gasteiger partial charge in [-0.25, -0.2) is 0 Å². The zero-order valence-corrected chi connectivity index (χ0v) is 20.1. The molecule has 1 aliphatic heterocycles. The van der Waals surface area contributed by atoms with Crippen molar-refractivity contribution in [1.29, 1.82) is 0 Å². The first-order chi connectivity index (χ1) is 13.2. The van der Waals surface area contributed by atoms with E-state index in [1.165, 1.54) is 15.3 Å². The first-order valence-corrected chi connectivity index (χ1v) is 10.7. The van der Waals surface area contributed by atoms with E-state index in [4.69, 9.17) is 9.73 Å². The number of nitrogens with one attached hydrogen (secondary N) is 2. The number of rotatable bonds is 7. The third-order valence-corrected chi connectivity index (χ3v) is 5.88. The molecule has 0 radical (unpaired) electrons. The molecule has 1 aliphatic rings. The minimum Gasteiger partial charge on any atom is -0.373 e. The maximum Gasteiger partial charge on any atom is 0.191 e. The predicted octanol–water partition coefficient (Wildman–Crippen LogP) is 4.94. The van der Waals surface area contributed by atoms with Crippen LogP contribution in [0.2, 0.25) is 0 Å². The molecule has 2 N–H and O–H groups in total. The Morgan fingerprint density at radius 3 is 2.71 bits per heavy atom. The Bertz CT molecular complexity index is 734. The van der Waals surface area contributed by atoms with Crippen LogP contribution < -0.4 is 10.6 Å². The normalized spacial score (nSPS) is 20.5. The van der Waals surface area contributed by atoms with Crippen molar-refractivity contribution in [2.45, 2.75) is 45.8 Å². The van der Waals surface area contributed by atoms with E-state index in [0.29, 0.717) is 12.0 Å². The summed E-state index contributed by atoms with van der Waals surface area (Å²) in [5, 5.41) is 6.94. The molecule has 6 heteroatoms. The Labute approximate surface area is 190 Å². The summed E-state index contributed by atoms with van der Waals surface area (Å²) in [4.78, 5) is 7.66. The maximum absolute atomic E-state index is 6.00. The summed E-state index contributed by atoms with van der Waals surface area (Å²) in [6.45, 7) is 8.94. The summed E-state index contributed by atoms with van der Waals surface area (Å²) < 4.78 is 6.00. The van der Waals surface area contributed by atoms with Crippen LogP contribution in [0.25, 0.3) is 0 Å².